The van der Waals surface area contributed by atoms with Crippen molar-refractivity contribution in [3.05, 3.63) is 97.1 Å². The van der Waals surface area contributed by atoms with Gasteiger partial charge >= 0.3 is 0 Å². The molecular weight excluding hydrogens is 590 g/mol. The van der Waals surface area contributed by atoms with Crippen LogP contribution in [0.15, 0.2) is 86.0 Å². The molecule has 8 nitrogen and oxygen atoms in total. The number of fused-ring (bicyclic) bond motifs is 1. The second-order valence-electron chi connectivity index (χ2n) is 13.5. The zero-order valence-corrected chi connectivity index (χ0v) is 28.2. The summed E-state index contributed by atoms with van der Waals surface area (Å²) < 4.78 is 7.09. The molecule has 3 fully saturated rings. The molecule has 252 valence electrons. The lowest BCUT2D eigenvalue weighted by atomic mass is 9.64. The van der Waals surface area contributed by atoms with Gasteiger partial charge in [-0.2, -0.15) is 0 Å². The standard InChI is InChI=1S/C39H51N3O5/c1-6-16-28(5)41(24-8-3)37(46)34-39-22-21-38(9-4,47-39)32(35(44)40(23-7-2)26-30-19-14-11-15-20-30)33(39)36(45)42(34)31(27-43)25-29-17-12-10-13-18-29/h7-8,10-15,17-20,28,31-34,43H,2-3,6,9,16,21-27H2,1,4-5H3/t28?,31-,32-,33+,34?,38+,39?/m1/s1. The van der Waals surface area contributed by atoms with Crippen molar-refractivity contribution in [3.8, 4) is 0 Å². The molecule has 1 N–H and O–H groups in total. The lowest BCUT2D eigenvalue weighted by Gasteiger charge is -2.41. The Kier molecular flexibility index (Phi) is 10.7. The van der Waals surface area contributed by atoms with Gasteiger partial charge in [0.15, 0.2) is 0 Å². The van der Waals surface area contributed by atoms with Crippen LogP contribution >= 0.6 is 0 Å². The van der Waals surface area contributed by atoms with Gasteiger partial charge in [-0.15, -0.1) is 13.2 Å². The van der Waals surface area contributed by atoms with E-state index in [2.05, 4.69) is 20.1 Å². The molecule has 3 unspecified atom stereocenters. The maximum Gasteiger partial charge on any atom is 0.248 e. The molecule has 1 spiro atoms. The summed E-state index contributed by atoms with van der Waals surface area (Å²) >= 11 is 0. The van der Waals surface area contributed by atoms with Gasteiger partial charge in [0.05, 0.1) is 30.1 Å². The number of amides is 3. The van der Waals surface area contributed by atoms with E-state index in [1.165, 1.54) is 0 Å². The van der Waals surface area contributed by atoms with Crippen LogP contribution in [0.3, 0.4) is 0 Å². The van der Waals surface area contributed by atoms with Crippen molar-refractivity contribution in [2.75, 3.05) is 19.7 Å². The second kappa shape index (κ2) is 14.6. The normalized spacial score (nSPS) is 27.3. The van der Waals surface area contributed by atoms with E-state index in [1.54, 1.807) is 26.9 Å². The molecule has 0 aromatic heterocycles. The molecular formula is C39H51N3O5. The highest BCUT2D eigenvalue weighted by molar-refractivity contribution is 5.99. The third-order valence-corrected chi connectivity index (χ3v) is 10.8. The van der Waals surface area contributed by atoms with E-state index >= 15 is 4.79 Å². The van der Waals surface area contributed by atoms with Crippen molar-refractivity contribution in [2.24, 2.45) is 11.8 Å². The van der Waals surface area contributed by atoms with Crippen molar-refractivity contribution in [2.45, 2.75) is 95.2 Å². The van der Waals surface area contributed by atoms with Crippen LogP contribution in [0, 0.1) is 11.8 Å². The first-order valence-corrected chi connectivity index (χ1v) is 17.2. The molecule has 3 amide bonds. The van der Waals surface area contributed by atoms with E-state index in [-0.39, 0.29) is 30.4 Å². The van der Waals surface area contributed by atoms with Gasteiger partial charge in [0.2, 0.25) is 17.7 Å². The Hall–Kier alpha value is -3.75. The Balaban J connectivity index is 1.62. The van der Waals surface area contributed by atoms with Gasteiger partial charge < -0.3 is 24.5 Å². The molecule has 0 saturated carbocycles. The summed E-state index contributed by atoms with van der Waals surface area (Å²) in [6, 6.07) is 17.8. The highest BCUT2D eigenvalue weighted by atomic mass is 16.5. The number of hydrogen-bond donors (Lipinski definition) is 1. The quantitative estimate of drug-likeness (QED) is 0.256. The summed E-state index contributed by atoms with van der Waals surface area (Å²) in [5.74, 6) is -2.27. The monoisotopic (exact) mass is 641 g/mol. The topological polar surface area (TPSA) is 90.4 Å². The van der Waals surface area contributed by atoms with Crippen molar-refractivity contribution < 1.29 is 24.2 Å². The molecule has 0 radical (unpaired) electrons. The minimum atomic E-state index is -1.19. The van der Waals surface area contributed by atoms with Crippen LogP contribution in [0.2, 0.25) is 0 Å². The summed E-state index contributed by atoms with van der Waals surface area (Å²) in [6.07, 6.45) is 7.09. The fraction of sp³-hybridized carbons (Fsp3) is 0.513. The number of carbonyl (C=O) groups excluding carboxylic acids is 3. The number of likely N-dealkylation sites (tertiary alicyclic amines) is 1. The summed E-state index contributed by atoms with van der Waals surface area (Å²) in [4.78, 5) is 49.9. The minimum Gasteiger partial charge on any atom is -0.394 e. The molecule has 2 aromatic carbocycles. The lowest BCUT2D eigenvalue weighted by molar-refractivity contribution is -0.159. The highest BCUT2D eigenvalue weighted by Crippen LogP contribution is 2.65. The average molecular weight is 642 g/mol. The van der Waals surface area contributed by atoms with Gasteiger partial charge in [0.1, 0.15) is 11.6 Å². The SMILES string of the molecule is C=CCN(Cc1ccccc1)C(=O)[C@H]1[C@H]2C(=O)N([C@@H](CO)Cc3ccccc3)C(C(=O)N(CC=C)C(C)CCC)C23CC[C@]1(CC)O3. The minimum absolute atomic E-state index is 0.0928. The van der Waals surface area contributed by atoms with Crippen LogP contribution in [0.4, 0.5) is 0 Å². The van der Waals surface area contributed by atoms with Gasteiger partial charge in [0, 0.05) is 25.7 Å². The Labute approximate surface area is 280 Å². The van der Waals surface area contributed by atoms with Gasteiger partial charge in [0.25, 0.3) is 0 Å². The van der Waals surface area contributed by atoms with Crippen LogP contribution in [0.1, 0.15) is 64.0 Å². The first kappa shape index (κ1) is 34.6. The van der Waals surface area contributed by atoms with E-state index in [4.69, 9.17) is 4.74 Å². The van der Waals surface area contributed by atoms with Crippen molar-refractivity contribution in [1.29, 1.82) is 0 Å². The van der Waals surface area contributed by atoms with Gasteiger partial charge in [-0.3, -0.25) is 14.4 Å². The molecule has 7 atom stereocenters. The van der Waals surface area contributed by atoms with Gasteiger partial charge in [-0.1, -0.05) is 93.1 Å². The molecule has 47 heavy (non-hydrogen) atoms. The molecule has 0 aliphatic carbocycles. The van der Waals surface area contributed by atoms with Crippen LogP contribution in [0.25, 0.3) is 0 Å². The van der Waals surface area contributed by atoms with Crippen molar-refractivity contribution in [1.82, 2.24) is 14.7 Å². The molecule has 2 aromatic rings. The summed E-state index contributed by atoms with van der Waals surface area (Å²) in [5, 5.41) is 10.9. The predicted molar refractivity (Wildman–Crippen MR) is 183 cm³/mol. The van der Waals surface area contributed by atoms with Gasteiger partial charge in [-0.05, 0) is 50.2 Å². The average Bonchev–Trinajstić information content (AvgIpc) is 3.70. The van der Waals surface area contributed by atoms with Crippen molar-refractivity contribution in [3.63, 3.8) is 0 Å². The zero-order valence-electron chi connectivity index (χ0n) is 28.2. The fourth-order valence-electron chi connectivity index (χ4n) is 8.59. The van der Waals surface area contributed by atoms with Gasteiger partial charge in [-0.25, -0.2) is 0 Å². The fourth-order valence-corrected chi connectivity index (χ4v) is 8.59. The number of rotatable bonds is 16. The second-order valence-corrected chi connectivity index (χ2v) is 13.5. The first-order valence-electron chi connectivity index (χ1n) is 17.2. The highest BCUT2D eigenvalue weighted by Gasteiger charge is 2.79. The molecule has 8 heteroatoms. The van der Waals surface area contributed by atoms with E-state index in [0.717, 1.165) is 24.0 Å². The molecule has 3 saturated heterocycles. The molecule has 5 rings (SSSR count). The number of nitrogens with zero attached hydrogens (tertiary/aromatic N) is 3. The van der Waals surface area contributed by atoms with Crippen LogP contribution in [0.5, 0.6) is 0 Å². The first-order chi connectivity index (χ1) is 22.7. The number of hydrogen-bond acceptors (Lipinski definition) is 5. The zero-order chi connectivity index (χ0) is 33.8. The number of aliphatic hydroxyl groups excluding tert-OH is 1. The number of aliphatic hydroxyl groups is 1. The summed E-state index contributed by atoms with van der Waals surface area (Å²) in [5.41, 5.74) is -0.130. The Morgan fingerprint density at radius 3 is 2.21 bits per heavy atom. The molecule has 3 aliphatic heterocycles. The lowest BCUT2D eigenvalue weighted by Crippen LogP contribution is -2.60. The molecule has 3 heterocycles. The molecule has 2 bridgehead atoms. The number of carbonyl (C=O) groups is 3. The Morgan fingerprint density at radius 2 is 1.64 bits per heavy atom. The maximum atomic E-state index is 15.0. The maximum absolute atomic E-state index is 15.0. The summed E-state index contributed by atoms with van der Waals surface area (Å²) in [6.45, 7) is 14.7. The van der Waals surface area contributed by atoms with E-state index < -0.39 is 35.1 Å². The molecule has 3 aliphatic rings. The smallest absolute Gasteiger partial charge is 0.248 e. The van der Waals surface area contributed by atoms with Crippen LogP contribution < -0.4 is 0 Å². The largest absolute Gasteiger partial charge is 0.394 e. The van der Waals surface area contributed by atoms with E-state index in [9.17, 15) is 14.7 Å². The van der Waals surface area contributed by atoms with E-state index in [1.807, 2.05) is 74.5 Å². The Morgan fingerprint density at radius 1 is 1.00 bits per heavy atom. The predicted octanol–water partition coefficient (Wildman–Crippen LogP) is 5.16. The van der Waals surface area contributed by atoms with Crippen LogP contribution in [-0.4, -0.2) is 86.6 Å². The Bertz CT molecular complexity index is 1430. The number of benzene rings is 2. The van der Waals surface area contributed by atoms with E-state index in [0.29, 0.717) is 45.3 Å². The van der Waals surface area contributed by atoms with Crippen LogP contribution in [-0.2, 0) is 32.1 Å². The third kappa shape index (κ3) is 6.18. The number of ether oxygens (including phenoxy) is 1. The third-order valence-electron chi connectivity index (χ3n) is 10.8. The summed E-state index contributed by atoms with van der Waals surface area (Å²) in [7, 11) is 0. The van der Waals surface area contributed by atoms with Crippen molar-refractivity contribution >= 4 is 17.7 Å².